The smallest absolute Gasteiger partial charge is 0.250 e. The number of halogens is 1. The van der Waals surface area contributed by atoms with E-state index in [1.165, 1.54) is 10.6 Å². The summed E-state index contributed by atoms with van der Waals surface area (Å²) in [5.41, 5.74) is 7.46. The van der Waals surface area contributed by atoms with E-state index in [9.17, 15) is 9.59 Å². The van der Waals surface area contributed by atoms with E-state index in [0.717, 1.165) is 5.56 Å². The maximum absolute atomic E-state index is 11.9. The third-order valence-corrected chi connectivity index (χ3v) is 3.25. The predicted molar refractivity (Wildman–Crippen MR) is 84.6 cm³/mol. The van der Waals surface area contributed by atoms with Gasteiger partial charge in [0.2, 0.25) is 5.91 Å². The van der Waals surface area contributed by atoms with Crippen molar-refractivity contribution < 1.29 is 4.79 Å². The Morgan fingerprint density at radius 1 is 1.33 bits per heavy atom. The number of benzene rings is 1. The molecule has 3 N–H and O–H groups in total. The van der Waals surface area contributed by atoms with Crippen LogP contribution in [0, 0.1) is 6.92 Å². The summed E-state index contributed by atoms with van der Waals surface area (Å²) < 4.78 is 1.50. The minimum Gasteiger partial charge on any atom is -0.397 e. The first-order chi connectivity index (χ1) is 9.95. The lowest BCUT2D eigenvalue weighted by atomic mass is 10.2. The number of carbonyl (C=O) groups excluding carboxylic acids is 1. The van der Waals surface area contributed by atoms with Crippen LogP contribution in [0.5, 0.6) is 0 Å². The highest BCUT2D eigenvalue weighted by Gasteiger charge is 2.06. The minimum absolute atomic E-state index is 0.117. The van der Waals surface area contributed by atoms with Gasteiger partial charge in [-0.1, -0.05) is 11.6 Å². The van der Waals surface area contributed by atoms with E-state index in [4.69, 9.17) is 17.3 Å². The highest BCUT2D eigenvalue weighted by Crippen LogP contribution is 2.22. The number of amides is 1. The largest absolute Gasteiger partial charge is 0.397 e. The van der Waals surface area contributed by atoms with Gasteiger partial charge >= 0.3 is 0 Å². The summed E-state index contributed by atoms with van der Waals surface area (Å²) in [6.45, 7) is 2.17. The molecule has 2 rings (SSSR count). The van der Waals surface area contributed by atoms with Crippen molar-refractivity contribution in [2.24, 2.45) is 0 Å². The quantitative estimate of drug-likeness (QED) is 0.852. The molecule has 0 spiro atoms. The van der Waals surface area contributed by atoms with Crippen molar-refractivity contribution >= 4 is 28.9 Å². The summed E-state index contributed by atoms with van der Waals surface area (Å²) in [5.74, 6) is -0.212. The van der Waals surface area contributed by atoms with Gasteiger partial charge in [-0.15, -0.1) is 0 Å². The van der Waals surface area contributed by atoms with Crippen molar-refractivity contribution in [3.63, 3.8) is 0 Å². The third-order valence-electron chi connectivity index (χ3n) is 3.02. The predicted octanol–water partition coefficient (Wildman–Crippen LogP) is 2.42. The van der Waals surface area contributed by atoms with Crippen LogP contribution in [0.15, 0.2) is 41.3 Å². The van der Waals surface area contributed by atoms with Crippen LogP contribution >= 0.6 is 11.6 Å². The molecule has 0 saturated carbocycles. The summed E-state index contributed by atoms with van der Waals surface area (Å²) in [6, 6.07) is 8.23. The van der Waals surface area contributed by atoms with E-state index in [2.05, 4.69) is 5.32 Å². The molecule has 0 fully saturated rings. The van der Waals surface area contributed by atoms with Crippen LogP contribution in [0.3, 0.4) is 0 Å². The number of pyridine rings is 1. The van der Waals surface area contributed by atoms with Crippen LogP contribution in [0.1, 0.15) is 12.0 Å². The lowest BCUT2D eigenvalue weighted by molar-refractivity contribution is -0.116. The van der Waals surface area contributed by atoms with Gasteiger partial charge in [-0.3, -0.25) is 9.59 Å². The molecule has 0 radical (unpaired) electrons. The molecule has 0 aliphatic heterocycles. The number of aryl methyl sites for hydroxylation is 2. The molecule has 1 heterocycles. The molecule has 0 aliphatic carbocycles. The normalized spacial score (nSPS) is 10.4. The molecular weight excluding hydrogens is 290 g/mol. The van der Waals surface area contributed by atoms with Crippen molar-refractivity contribution in [1.29, 1.82) is 0 Å². The Hall–Kier alpha value is -2.27. The molecule has 1 amide bonds. The highest BCUT2D eigenvalue weighted by molar-refractivity contribution is 6.31. The summed E-state index contributed by atoms with van der Waals surface area (Å²) in [5, 5.41) is 3.21. The SMILES string of the molecule is Cc1ccn(CCC(=O)Nc2ccc(Cl)cc2N)c(=O)c1. The van der Waals surface area contributed by atoms with Crippen LogP contribution in [0.2, 0.25) is 5.02 Å². The van der Waals surface area contributed by atoms with E-state index in [1.54, 1.807) is 24.4 Å². The first kappa shape index (κ1) is 15.1. The van der Waals surface area contributed by atoms with Crippen molar-refractivity contribution in [2.75, 3.05) is 11.1 Å². The Labute approximate surface area is 127 Å². The molecule has 0 bridgehead atoms. The average Bonchev–Trinajstić information content (AvgIpc) is 2.41. The Bertz CT molecular complexity index is 725. The lowest BCUT2D eigenvalue weighted by Gasteiger charge is -2.09. The Morgan fingerprint density at radius 2 is 2.10 bits per heavy atom. The van der Waals surface area contributed by atoms with E-state index in [-0.39, 0.29) is 17.9 Å². The van der Waals surface area contributed by atoms with Gasteiger partial charge in [0.15, 0.2) is 0 Å². The minimum atomic E-state index is -0.212. The highest BCUT2D eigenvalue weighted by atomic mass is 35.5. The number of hydrogen-bond donors (Lipinski definition) is 2. The van der Waals surface area contributed by atoms with Gasteiger partial charge in [0.25, 0.3) is 5.56 Å². The standard InChI is InChI=1S/C15H16ClN3O2/c1-10-4-6-19(15(21)8-10)7-5-14(20)18-13-3-2-11(16)9-12(13)17/h2-4,6,8-9H,5,7,17H2,1H3,(H,18,20). The molecule has 110 valence electrons. The van der Waals surface area contributed by atoms with Crippen LogP contribution < -0.4 is 16.6 Å². The Balaban J connectivity index is 1.97. The fourth-order valence-electron chi connectivity index (χ4n) is 1.87. The topological polar surface area (TPSA) is 77.1 Å². The van der Waals surface area contributed by atoms with Crippen molar-refractivity contribution in [2.45, 2.75) is 19.9 Å². The molecule has 1 aromatic heterocycles. The molecule has 1 aromatic carbocycles. The number of carbonyl (C=O) groups is 1. The second kappa shape index (κ2) is 6.45. The van der Waals surface area contributed by atoms with E-state index < -0.39 is 0 Å². The maximum atomic E-state index is 11.9. The average molecular weight is 306 g/mol. The maximum Gasteiger partial charge on any atom is 0.250 e. The van der Waals surface area contributed by atoms with Crippen LogP contribution in [-0.4, -0.2) is 10.5 Å². The molecule has 6 heteroatoms. The van der Waals surface area contributed by atoms with Crippen LogP contribution in [0.25, 0.3) is 0 Å². The zero-order chi connectivity index (χ0) is 15.4. The van der Waals surface area contributed by atoms with Gasteiger partial charge in [-0.25, -0.2) is 0 Å². The van der Waals surface area contributed by atoms with Gasteiger partial charge < -0.3 is 15.6 Å². The third kappa shape index (κ3) is 4.10. The zero-order valence-corrected chi connectivity index (χ0v) is 12.4. The van der Waals surface area contributed by atoms with Crippen molar-refractivity contribution in [3.05, 3.63) is 57.5 Å². The monoisotopic (exact) mass is 305 g/mol. The van der Waals surface area contributed by atoms with E-state index in [0.29, 0.717) is 22.9 Å². The Morgan fingerprint density at radius 3 is 2.76 bits per heavy atom. The first-order valence-corrected chi connectivity index (χ1v) is 6.85. The Kier molecular flexibility index (Phi) is 4.65. The summed E-state index contributed by atoms with van der Waals surface area (Å²) in [7, 11) is 0. The fraction of sp³-hybridized carbons (Fsp3) is 0.200. The number of nitrogens with one attached hydrogen (secondary N) is 1. The second-order valence-electron chi connectivity index (χ2n) is 4.77. The van der Waals surface area contributed by atoms with E-state index in [1.807, 2.05) is 13.0 Å². The number of nitrogens with two attached hydrogens (primary N) is 1. The summed E-state index contributed by atoms with van der Waals surface area (Å²) in [6.07, 6.45) is 1.87. The molecule has 21 heavy (non-hydrogen) atoms. The van der Waals surface area contributed by atoms with Gasteiger partial charge in [-0.2, -0.15) is 0 Å². The summed E-state index contributed by atoms with van der Waals surface area (Å²) in [4.78, 5) is 23.6. The summed E-state index contributed by atoms with van der Waals surface area (Å²) >= 11 is 5.79. The van der Waals surface area contributed by atoms with Crippen LogP contribution in [-0.2, 0) is 11.3 Å². The van der Waals surface area contributed by atoms with Gasteiger partial charge in [0, 0.05) is 30.3 Å². The molecule has 0 atom stereocenters. The number of aromatic nitrogens is 1. The molecule has 0 unspecified atom stereocenters. The molecule has 5 nitrogen and oxygen atoms in total. The zero-order valence-electron chi connectivity index (χ0n) is 11.6. The number of anilines is 2. The molecule has 2 aromatic rings. The molecule has 0 aliphatic rings. The first-order valence-electron chi connectivity index (χ1n) is 6.47. The van der Waals surface area contributed by atoms with Crippen molar-refractivity contribution in [3.8, 4) is 0 Å². The van der Waals surface area contributed by atoms with E-state index >= 15 is 0 Å². The second-order valence-corrected chi connectivity index (χ2v) is 5.20. The van der Waals surface area contributed by atoms with Crippen molar-refractivity contribution in [1.82, 2.24) is 4.57 Å². The van der Waals surface area contributed by atoms with Gasteiger partial charge in [0.1, 0.15) is 0 Å². The number of hydrogen-bond acceptors (Lipinski definition) is 3. The van der Waals surface area contributed by atoms with Gasteiger partial charge in [0.05, 0.1) is 11.4 Å². The molecule has 0 saturated heterocycles. The number of rotatable bonds is 4. The number of nitrogens with zero attached hydrogens (tertiary/aromatic N) is 1. The lowest BCUT2D eigenvalue weighted by Crippen LogP contribution is -2.22. The fourth-order valence-corrected chi connectivity index (χ4v) is 2.05. The number of nitrogen functional groups attached to an aromatic ring is 1. The van der Waals surface area contributed by atoms with Crippen LogP contribution in [0.4, 0.5) is 11.4 Å². The molecular formula is C15H16ClN3O2. The van der Waals surface area contributed by atoms with Gasteiger partial charge in [-0.05, 0) is 36.8 Å².